The van der Waals surface area contributed by atoms with Gasteiger partial charge in [-0.15, -0.1) is 0 Å². The number of piperazine rings is 1. The number of nitrogens with one attached hydrogen (secondary N) is 3. The summed E-state index contributed by atoms with van der Waals surface area (Å²) in [5, 5.41) is 12.5. The van der Waals surface area contributed by atoms with E-state index in [0.717, 1.165) is 68.6 Å². The van der Waals surface area contributed by atoms with E-state index in [1.165, 1.54) is 16.5 Å². The van der Waals surface area contributed by atoms with Gasteiger partial charge in [0.15, 0.2) is 11.6 Å². The van der Waals surface area contributed by atoms with Gasteiger partial charge in [-0.05, 0) is 36.4 Å². The summed E-state index contributed by atoms with van der Waals surface area (Å²) in [4.78, 5) is 13.8. The fraction of sp³-hybridized carbons (Fsp3) is 0.417. The van der Waals surface area contributed by atoms with Crippen molar-refractivity contribution in [2.45, 2.75) is 18.9 Å². The second-order valence-electron chi connectivity index (χ2n) is 8.65. The molecule has 1 atom stereocenters. The third kappa shape index (κ3) is 3.54. The highest BCUT2D eigenvalue weighted by Crippen LogP contribution is 2.37. The number of ether oxygens (including phenoxy) is 1. The van der Waals surface area contributed by atoms with Crippen LogP contribution in [0.2, 0.25) is 0 Å². The number of hydrogen-bond acceptors (Lipinski definition) is 8. The minimum Gasteiger partial charge on any atom is -0.491 e. The summed E-state index contributed by atoms with van der Waals surface area (Å²) in [5.74, 6) is 2.82. The number of benzene rings is 2. The molecule has 3 aliphatic rings. The molecule has 2 saturated heterocycles. The molecule has 6 rings (SSSR count). The number of aromatic nitrogens is 2. The van der Waals surface area contributed by atoms with Crippen molar-refractivity contribution in [2.75, 3.05) is 66.4 Å². The van der Waals surface area contributed by atoms with Gasteiger partial charge in [0.25, 0.3) is 0 Å². The third-order valence-corrected chi connectivity index (χ3v) is 6.74. The van der Waals surface area contributed by atoms with E-state index in [1.54, 1.807) is 6.33 Å². The zero-order valence-electron chi connectivity index (χ0n) is 18.2. The van der Waals surface area contributed by atoms with Gasteiger partial charge in [-0.1, -0.05) is 18.2 Å². The Bertz CT molecular complexity index is 1110. The second-order valence-corrected chi connectivity index (χ2v) is 8.65. The van der Waals surface area contributed by atoms with Crippen molar-refractivity contribution < 1.29 is 4.74 Å². The molecule has 8 heteroatoms. The topological polar surface area (TPSA) is 77.6 Å². The lowest BCUT2D eigenvalue weighted by Crippen LogP contribution is -2.43. The standard InChI is InChI=1S/C24H29N7O/c1-3-17-6-7-18(30-11-8-25-9-12-30)13-20(17)21(5-1)32-14-19-4-2-10-31(19)24-22-23(27-15-26-22)28-16-29-24/h1,3,5-7,13,16,19,25-26H,2,4,8-12,14-15H2,(H,27,28,29)/t19-/m1/s1. The number of anilines is 4. The van der Waals surface area contributed by atoms with Crippen molar-refractivity contribution in [3.05, 3.63) is 42.7 Å². The van der Waals surface area contributed by atoms with E-state index in [1.807, 2.05) is 0 Å². The molecular weight excluding hydrogens is 402 g/mol. The van der Waals surface area contributed by atoms with Crippen LogP contribution in [0.5, 0.6) is 5.75 Å². The molecule has 166 valence electrons. The van der Waals surface area contributed by atoms with Gasteiger partial charge >= 0.3 is 0 Å². The van der Waals surface area contributed by atoms with Crippen molar-refractivity contribution in [3.63, 3.8) is 0 Å². The zero-order valence-corrected chi connectivity index (χ0v) is 18.2. The van der Waals surface area contributed by atoms with E-state index >= 15 is 0 Å². The maximum atomic E-state index is 6.46. The van der Waals surface area contributed by atoms with Gasteiger partial charge in [-0.25, -0.2) is 9.97 Å². The number of fused-ring (bicyclic) bond motifs is 2. The molecule has 8 nitrogen and oxygen atoms in total. The summed E-state index contributed by atoms with van der Waals surface area (Å²) in [6.45, 7) is 6.47. The molecule has 0 amide bonds. The van der Waals surface area contributed by atoms with Crippen LogP contribution in [0.15, 0.2) is 42.7 Å². The predicted octanol–water partition coefficient (Wildman–Crippen LogP) is 2.88. The minimum atomic E-state index is 0.294. The molecule has 0 saturated carbocycles. The van der Waals surface area contributed by atoms with Gasteiger partial charge in [0.1, 0.15) is 24.4 Å². The molecule has 0 unspecified atom stereocenters. The molecule has 4 heterocycles. The van der Waals surface area contributed by atoms with Crippen LogP contribution in [0.4, 0.5) is 23.0 Å². The van der Waals surface area contributed by atoms with Crippen molar-refractivity contribution in [2.24, 2.45) is 0 Å². The first-order chi connectivity index (χ1) is 15.9. The highest BCUT2D eigenvalue weighted by atomic mass is 16.5. The van der Waals surface area contributed by atoms with Crippen molar-refractivity contribution in [3.8, 4) is 5.75 Å². The summed E-state index contributed by atoms with van der Waals surface area (Å²) < 4.78 is 6.46. The Morgan fingerprint density at radius 1 is 1.03 bits per heavy atom. The predicted molar refractivity (Wildman–Crippen MR) is 129 cm³/mol. The Balaban J connectivity index is 1.23. The van der Waals surface area contributed by atoms with E-state index in [0.29, 0.717) is 19.3 Å². The van der Waals surface area contributed by atoms with Crippen LogP contribution in [-0.2, 0) is 0 Å². The molecule has 1 aromatic heterocycles. The molecule has 3 aliphatic heterocycles. The fourth-order valence-corrected chi connectivity index (χ4v) is 5.06. The van der Waals surface area contributed by atoms with Gasteiger partial charge in [0, 0.05) is 43.8 Å². The van der Waals surface area contributed by atoms with Gasteiger partial charge in [-0.2, -0.15) is 0 Å². The van der Waals surface area contributed by atoms with Crippen LogP contribution >= 0.6 is 0 Å². The summed E-state index contributed by atoms with van der Waals surface area (Å²) in [6, 6.07) is 13.4. The lowest BCUT2D eigenvalue weighted by atomic mass is 10.1. The summed E-state index contributed by atoms with van der Waals surface area (Å²) in [5.41, 5.74) is 2.28. The lowest BCUT2D eigenvalue weighted by Gasteiger charge is -2.30. The molecule has 0 aliphatic carbocycles. The smallest absolute Gasteiger partial charge is 0.158 e. The maximum absolute atomic E-state index is 6.46. The quantitative estimate of drug-likeness (QED) is 0.569. The lowest BCUT2D eigenvalue weighted by molar-refractivity contribution is 0.291. The number of nitrogens with zero attached hydrogens (tertiary/aromatic N) is 4. The van der Waals surface area contributed by atoms with Gasteiger partial charge in [0.05, 0.1) is 12.7 Å². The summed E-state index contributed by atoms with van der Waals surface area (Å²) in [6.07, 6.45) is 3.89. The van der Waals surface area contributed by atoms with Crippen LogP contribution in [-0.4, -0.2) is 62.0 Å². The highest BCUT2D eigenvalue weighted by Gasteiger charge is 2.30. The van der Waals surface area contributed by atoms with Crippen LogP contribution < -0.4 is 30.5 Å². The Morgan fingerprint density at radius 3 is 2.91 bits per heavy atom. The monoisotopic (exact) mass is 431 g/mol. The SMILES string of the molecule is c1cc(OC[C@H]2CCCN2c2ncnc3c2NCN3)c2cc(N3CCNCC3)ccc2c1. The number of hydrogen-bond donors (Lipinski definition) is 3. The molecule has 0 bridgehead atoms. The van der Waals surface area contributed by atoms with Crippen LogP contribution in [0.25, 0.3) is 10.8 Å². The first kappa shape index (κ1) is 19.4. The molecule has 3 N–H and O–H groups in total. The second kappa shape index (κ2) is 8.35. The van der Waals surface area contributed by atoms with E-state index in [2.05, 4.69) is 72.1 Å². The van der Waals surface area contributed by atoms with Crippen LogP contribution in [0.1, 0.15) is 12.8 Å². The molecule has 0 spiro atoms. The Morgan fingerprint density at radius 2 is 1.97 bits per heavy atom. The van der Waals surface area contributed by atoms with E-state index in [9.17, 15) is 0 Å². The Labute approximate surface area is 188 Å². The number of rotatable bonds is 5. The molecule has 2 aromatic carbocycles. The van der Waals surface area contributed by atoms with Crippen LogP contribution in [0, 0.1) is 0 Å². The Hall–Kier alpha value is -3.26. The third-order valence-electron chi connectivity index (χ3n) is 6.74. The van der Waals surface area contributed by atoms with Crippen molar-refractivity contribution >= 4 is 33.8 Å². The average molecular weight is 432 g/mol. The zero-order chi connectivity index (χ0) is 21.3. The molecular formula is C24H29N7O. The summed E-state index contributed by atoms with van der Waals surface area (Å²) >= 11 is 0. The first-order valence-electron chi connectivity index (χ1n) is 11.6. The van der Waals surface area contributed by atoms with E-state index in [4.69, 9.17) is 4.74 Å². The molecule has 2 fully saturated rings. The molecule has 0 radical (unpaired) electrons. The van der Waals surface area contributed by atoms with Gasteiger partial charge in [0.2, 0.25) is 0 Å². The van der Waals surface area contributed by atoms with Gasteiger partial charge < -0.3 is 30.5 Å². The normalized spacial score (nSPS) is 20.2. The highest BCUT2D eigenvalue weighted by molar-refractivity contribution is 5.91. The minimum absolute atomic E-state index is 0.294. The van der Waals surface area contributed by atoms with Crippen LogP contribution in [0.3, 0.4) is 0 Å². The van der Waals surface area contributed by atoms with Gasteiger partial charge in [-0.3, -0.25) is 0 Å². The first-order valence-corrected chi connectivity index (χ1v) is 11.6. The Kier molecular flexibility index (Phi) is 5.07. The van der Waals surface area contributed by atoms with Crippen molar-refractivity contribution in [1.29, 1.82) is 0 Å². The maximum Gasteiger partial charge on any atom is 0.158 e. The molecule has 3 aromatic rings. The van der Waals surface area contributed by atoms with E-state index in [-0.39, 0.29) is 0 Å². The molecule has 32 heavy (non-hydrogen) atoms. The van der Waals surface area contributed by atoms with Crippen molar-refractivity contribution in [1.82, 2.24) is 15.3 Å². The average Bonchev–Trinajstić information content (AvgIpc) is 3.52. The summed E-state index contributed by atoms with van der Waals surface area (Å²) in [7, 11) is 0. The largest absolute Gasteiger partial charge is 0.491 e. The van der Waals surface area contributed by atoms with E-state index < -0.39 is 0 Å². The fourth-order valence-electron chi connectivity index (χ4n) is 5.06.